The number of para-hydroxylation sites is 1. The molecule has 0 bridgehead atoms. The summed E-state index contributed by atoms with van der Waals surface area (Å²) in [5.41, 5.74) is 5.46. The molecule has 5 rings (SSSR count). The number of benzene rings is 1. The van der Waals surface area contributed by atoms with Gasteiger partial charge in [-0.25, -0.2) is 4.98 Å². The highest BCUT2D eigenvalue weighted by molar-refractivity contribution is 6.05. The monoisotopic (exact) mass is 344 g/mol. The van der Waals surface area contributed by atoms with E-state index in [1.54, 1.807) is 0 Å². The van der Waals surface area contributed by atoms with Gasteiger partial charge in [0, 0.05) is 40.4 Å². The number of rotatable bonds is 1. The van der Waals surface area contributed by atoms with E-state index in [1.165, 1.54) is 0 Å². The van der Waals surface area contributed by atoms with Crippen molar-refractivity contribution in [3.8, 4) is 11.4 Å². The molecule has 1 aromatic carbocycles. The number of aromatic amines is 1. The molecule has 0 atom stereocenters. The van der Waals surface area contributed by atoms with Crippen LogP contribution in [0.5, 0.6) is 0 Å². The maximum absolute atomic E-state index is 12.5. The van der Waals surface area contributed by atoms with E-state index < -0.39 is 0 Å². The van der Waals surface area contributed by atoms with Gasteiger partial charge in [0.05, 0.1) is 11.2 Å². The zero-order valence-corrected chi connectivity index (χ0v) is 14.9. The second-order valence-electron chi connectivity index (χ2n) is 7.79. The van der Waals surface area contributed by atoms with Crippen LogP contribution >= 0.6 is 0 Å². The van der Waals surface area contributed by atoms with Crippen LogP contribution in [0, 0.1) is 0 Å². The first kappa shape index (κ1) is 15.3. The zero-order chi connectivity index (χ0) is 17.9. The summed E-state index contributed by atoms with van der Waals surface area (Å²) in [6.45, 7) is 4.12. The Morgan fingerprint density at radius 1 is 1.15 bits per heavy atom. The number of nitrogens with zero attached hydrogens (tertiary/aromatic N) is 2. The number of allylic oxidation sites excluding steroid dienone is 1. The van der Waals surface area contributed by atoms with E-state index >= 15 is 0 Å². The van der Waals surface area contributed by atoms with Gasteiger partial charge in [-0.15, -0.1) is 0 Å². The van der Waals surface area contributed by atoms with Crippen molar-refractivity contribution >= 4 is 22.4 Å². The number of nitrogens with one attached hydrogen (secondary N) is 2. The molecule has 0 saturated carbocycles. The molecule has 0 spiro atoms. The predicted octanol–water partition coefficient (Wildman–Crippen LogP) is 3.62. The van der Waals surface area contributed by atoms with E-state index in [2.05, 4.69) is 41.3 Å². The molecule has 2 aliphatic rings. The normalized spacial score (nSPS) is 18.5. The van der Waals surface area contributed by atoms with Gasteiger partial charge in [-0.05, 0) is 38.8 Å². The summed E-state index contributed by atoms with van der Waals surface area (Å²) >= 11 is 0. The average molecular weight is 344 g/mol. The number of imidazole rings is 1. The smallest absolute Gasteiger partial charge is 0.163 e. The lowest BCUT2D eigenvalue weighted by Crippen LogP contribution is -2.45. The van der Waals surface area contributed by atoms with E-state index in [-0.39, 0.29) is 11.3 Å². The fourth-order valence-corrected chi connectivity index (χ4v) is 3.96. The quantitative estimate of drug-likeness (QED) is 0.707. The molecule has 2 aromatic heterocycles. The summed E-state index contributed by atoms with van der Waals surface area (Å²) in [4.78, 5) is 25.4. The van der Waals surface area contributed by atoms with E-state index in [4.69, 9.17) is 4.98 Å². The van der Waals surface area contributed by atoms with Crippen LogP contribution in [-0.4, -0.2) is 26.3 Å². The number of carbonyl (C=O) groups is 1. The van der Waals surface area contributed by atoms with E-state index in [9.17, 15) is 4.79 Å². The molecule has 3 aromatic rings. The molecule has 26 heavy (non-hydrogen) atoms. The van der Waals surface area contributed by atoms with Gasteiger partial charge in [-0.2, -0.15) is 0 Å². The number of hydrogen-bond acceptors (Lipinski definition) is 4. The molecule has 3 heterocycles. The Balaban J connectivity index is 1.62. The molecule has 5 nitrogen and oxygen atoms in total. The number of ketones is 1. The first-order chi connectivity index (χ1) is 12.5. The lowest BCUT2D eigenvalue weighted by molar-refractivity contribution is -0.117. The molecule has 1 aliphatic carbocycles. The molecule has 0 fully saturated rings. The Morgan fingerprint density at radius 3 is 2.88 bits per heavy atom. The van der Waals surface area contributed by atoms with Gasteiger partial charge in [-0.3, -0.25) is 9.78 Å². The number of pyridine rings is 1. The van der Waals surface area contributed by atoms with Gasteiger partial charge in [0.15, 0.2) is 5.78 Å². The van der Waals surface area contributed by atoms with Gasteiger partial charge in [0.25, 0.3) is 0 Å². The number of aryl methyl sites for hydroxylation is 1. The average Bonchev–Trinajstić information content (AvgIpc) is 3.05. The largest absolute Gasteiger partial charge is 0.378 e. The summed E-state index contributed by atoms with van der Waals surface area (Å²) in [7, 11) is 0. The maximum atomic E-state index is 12.5. The van der Waals surface area contributed by atoms with Crippen molar-refractivity contribution in [2.24, 2.45) is 0 Å². The second kappa shape index (κ2) is 5.27. The standard InChI is InChI=1S/C21H20N4O/c1-21(2)10-17(26)14-7-8-16-19(18(14)25-21)24-20(23-16)13-9-12-5-3-4-6-15(12)22-11-13/h3-6,9,11,25H,7-8,10H2,1-2H3,(H,23,24). The summed E-state index contributed by atoms with van der Waals surface area (Å²) in [6.07, 6.45) is 3.97. The van der Waals surface area contributed by atoms with Crippen LogP contribution in [0.25, 0.3) is 28.0 Å². The summed E-state index contributed by atoms with van der Waals surface area (Å²) < 4.78 is 0. The summed E-state index contributed by atoms with van der Waals surface area (Å²) in [5, 5.41) is 4.63. The third-order valence-electron chi connectivity index (χ3n) is 5.21. The zero-order valence-electron chi connectivity index (χ0n) is 14.9. The second-order valence-corrected chi connectivity index (χ2v) is 7.79. The Hall–Kier alpha value is -2.95. The van der Waals surface area contributed by atoms with Crippen LogP contribution in [0.3, 0.4) is 0 Å². The van der Waals surface area contributed by atoms with Crippen molar-refractivity contribution < 1.29 is 4.79 Å². The van der Waals surface area contributed by atoms with Crippen LogP contribution in [0.15, 0.2) is 42.1 Å². The molecule has 2 N–H and O–H groups in total. The first-order valence-electron chi connectivity index (χ1n) is 8.99. The number of aromatic nitrogens is 3. The highest BCUT2D eigenvalue weighted by Gasteiger charge is 2.36. The fourth-order valence-electron chi connectivity index (χ4n) is 3.96. The lowest BCUT2D eigenvalue weighted by atomic mass is 9.83. The van der Waals surface area contributed by atoms with Gasteiger partial charge in [0.1, 0.15) is 11.5 Å². The Bertz CT molecular complexity index is 1090. The summed E-state index contributed by atoms with van der Waals surface area (Å²) in [6, 6.07) is 10.2. The van der Waals surface area contributed by atoms with Crippen molar-refractivity contribution in [1.29, 1.82) is 0 Å². The number of fused-ring (bicyclic) bond motifs is 3. The third kappa shape index (κ3) is 2.35. The lowest BCUT2D eigenvalue weighted by Gasteiger charge is -2.36. The van der Waals surface area contributed by atoms with Crippen LogP contribution in [0.1, 0.15) is 38.1 Å². The SMILES string of the molecule is CC1(C)CC(=O)C2=C(N1)c1nc(-c3cnc4ccccc4c3)[nH]c1CC2. The molecule has 0 saturated heterocycles. The highest BCUT2D eigenvalue weighted by Crippen LogP contribution is 2.36. The van der Waals surface area contributed by atoms with Crippen LogP contribution in [-0.2, 0) is 11.2 Å². The summed E-state index contributed by atoms with van der Waals surface area (Å²) in [5.74, 6) is 1.05. The minimum absolute atomic E-state index is 0.242. The van der Waals surface area contributed by atoms with Crippen LogP contribution < -0.4 is 5.32 Å². The molecule has 0 radical (unpaired) electrons. The molecule has 5 heteroatoms. The molecular formula is C21H20N4O. The van der Waals surface area contributed by atoms with E-state index in [0.29, 0.717) is 6.42 Å². The molecule has 130 valence electrons. The van der Waals surface area contributed by atoms with Gasteiger partial charge in [0.2, 0.25) is 0 Å². The van der Waals surface area contributed by atoms with Gasteiger partial charge >= 0.3 is 0 Å². The van der Waals surface area contributed by atoms with Gasteiger partial charge in [-0.1, -0.05) is 18.2 Å². The number of H-pyrrole nitrogens is 1. The van der Waals surface area contributed by atoms with Crippen molar-refractivity contribution in [2.45, 2.75) is 38.6 Å². The number of Topliss-reactive ketones (excluding diaryl/α,β-unsaturated/α-hetero) is 1. The molecule has 1 aliphatic heterocycles. The molecule has 0 unspecified atom stereocenters. The fraction of sp³-hybridized carbons (Fsp3) is 0.286. The Kier molecular flexibility index (Phi) is 3.11. The molecular weight excluding hydrogens is 324 g/mol. The minimum atomic E-state index is -0.242. The topological polar surface area (TPSA) is 70.7 Å². The number of carbonyl (C=O) groups excluding carboxylic acids is 1. The Labute approximate surface area is 151 Å². The minimum Gasteiger partial charge on any atom is -0.378 e. The Morgan fingerprint density at radius 2 is 2.00 bits per heavy atom. The van der Waals surface area contributed by atoms with E-state index in [1.807, 2.05) is 24.4 Å². The highest BCUT2D eigenvalue weighted by atomic mass is 16.1. The number of hydrogen-bond donors (Lipinski definition) is 2. The predicted molar refractivity (Wildman–Crippen MR) is 101 cm³/mol. The van der Waals surface area contributed by atoms with Crippen LogP contribution in [0.2, 0.25) is 0 Å². The third-order valence-corrected chi connectivity index (χ3v) is 5.21. The molecule has 0 amide bonds. The van der Waals surface area contributed by atoms with Gasteiger partial charge < -0.3 is 10.3 Å². The van der Waals surface area contributed by atoms with Crippen molar-refractivity contribution in [1.82, 2.24) is 20.3 Å². The maximum Gasteiger partial charge on any atom is 0.163 e. The van der Waals surface area contributed by atoms with E-state index in [0.717, 1.165) is 57.8 Å². The first-order valence-corrected chi connectivity index (χ1v) is 8.99. The van der Waals surface area contributed by atoms with Crippen LogP contribution in [0.4, 0.5) is 0 Å². The van der Waals surface area contributed by atoms with Crippen molar-refractivity contribution in [3.63, 3.8) is 0 Å². The van der Waals surface area contributed by atoms with Crippen molar-refractivity contribution in [2.75, 3.05) is 0 Å². The van der Waals surface area contributed by atoms with Crippen molar-refractivity contribution in [3.05, 3.63) is 53.5 Å².